The van der Waals surface area contributed by atoms with Crippen LogP contribution in [0.5, 0.6) is 5.75 Å². The van der Waals surface area contributed by atoms with E-state index in [4.69, 9.17) is 15.2 Å². The Labute approximate surface area is 183 Å². The van der Waals surface area contributed by atoms with Gasteiger partial charge in [0.25, 0.3) is 0 Å². The SMILES string of the molecule is COC(=O)CCCCCNC(=O)OC(C)(C)C.NC(=O)c1cccc(OCCCF)c1. The van der Waals surface area contributed by atoms with E-state index in [-0.39, 0.29) is 5.97 Å². The summed E-state index contributed by atoms with van der Waals surface area (Å²) in [5, 5.41) is 2.66. The fraction of sp³-hybridized carbons (Fsp3) is 0.591. The summed E-state index contributed by atoms with van der Waals surface area (Å²) in [7, 11) is 1.38. The van der Waals surface area contributed by atoms with Crippen LogP contribution in [0.4, 0.5) is 9.18 Å². The summed E-state index contributed by atoms with van der Waals surface area (Å²) < 4.78 is 26.5. The monoisotopic (exact) mass is 442 g/mol. The van der Waals surface area contributed by atoms with Crippen LogP contribution in [0.1, 0.15) is 63.2 Å². The molecule has 1 aromatic rings. The van der Waals surface area contributed by atoms with Crippen molar-refractivity contribution in [3.8, 4) is 5.75 Å². The Morgan fingerprint density at radius 3 is 2.39 bits per heavy atom. The van der Waals surface area contributed by atoms with Gasteiger partial charge in [-0.3, -0.25) is 14.0 Å². The van der Waals surface area contributed by atoms with Gasteiger partial charge < -0.3 is 25.3 Å². The lowest BCUT2D eigenvalue weighted by atomic mass is 10.2. The average Bonchev–Trinajstić information content (AvgIpc) is 2.70. The number of hydrogen-bond donors (Lipinski definition) is 2. The zero-order valence-corrected chi connectivity index (χ0v) is 18.9. The van der Waals surface area contributed by atoms with Gasteiger partial charge in [-0.15, -0.1) is 0 Å². The Morgan fingerprint density at radius 1 is 1.10 bits per heavy atom. The van der Waals surface area contributed by atoms with Crippen LogP contribution in [0.25, 0.3) is 0 Å². The number of amides is 2. The number of esters is 1. The van der Waals surface area contributed by atoms with E-state index in [1.54, 1.807) is 24.3 Å². The molecule has 176 valence electrons. The number of benzene rings is 1. The van der Waals surface area contributed by atoms with E-state index in [9.17, 15) is 18.8 Å². The summed E-state index contributed by atoms with van der Waals surface area (Å²) in [6, 6.07) is 6.51. The first-order valence-corrected chi connectivity index (χ1v) is 10.2. The van der Waals surface area contributed by atoms with E-state index in [0.717, 1.165) is 19.3 Å². The van der Waals surface area contributed by atoms with E-state index in [1.807, 2.05) is 20.8 Å². The molecule has 1 aromatic carbocycles. The molecule has 0 aromatic heterocycles. The molecule has 0 spiro atoms. The van der Waals surface area contributed by atoms with E-state index < -0.39 is 24.3 Å². The fourth-order valence-corrected chi connectivity index (χ4v) is 2.16. The predicted octanol–water partition coefficient (Wildman–Crippen LogP) is 3.77. The highest BCUT2D eigenvalue weighted by Crippen LogP contribution is 2.13. The summed E-state index contributed by atoms with van der Waals surface area (Å²) in [5.74, 6) is -0.152. The third kappa shape index (κ3) is 16.6. The zero-order valence-electron chi connectivity index (χ0n) is 18.9. The predicted molar refractivity (Wildman–Crippen MR) is 116 cm³/mol. The number of methoxy groups -OCH3 is 1. The van der Waals surface area contributed by atoms with Crippen molar-refractivity contribution < 1.29 is 33.0 Å². The number of carbonyl (C=O) groups is 3. The number of halogens is 1. The molecule has 8 nitrogen and oxygen atoms in total. The van der Waals surface area contributed by atoms with Gasteiger partial charge in [0.15, 0.2) is 0 Å². The van der Waals surface area contributed by atoms with Gasteiger partial charge in [-0.2, -0.15) is 0 Å². The molecule has 0 atom stereocenters. The number of alkyl halides is 1. The van der Waals surface area contributed by atoms with Gasteiger partial charge in [-0.1, -0.05) is 12.5 Å². The maximum Gasteiger partial charge on any atom is 0.407 e. The topological polar surface area (TPSA) is 117 Å². The molecule has 1 rings (SSSR count). The molecule has 31 heavy (non-hydrogen) atoms. The second-order valence-corrected chi connectivity index (χ2v) is 7.60. The minimum Gasteiger partial charge on any atom is -0.493 e. The van der Waals surface area contributed by atoms with Crippen LogP contribution in [0.3, 0.4) is 0 Å². The van der Waals surface area contributed by atoms with Gasteiger partial charge in [0.1, 0.15) is 11.4 Å². The highest BCUT2D eigenvalue weighted by atomic mass is 19.1. The van der Waals surface area contributed by atoms with Gasteiger partial charge >= 0.3 is 12.1 Å². The Kier molecular flexibility index (Phi) is 14.5. The van der Waals surface area contributed by atoms with Crippen LogP contribution in [-0.4, -0.2) is 50.5 Å². The largest absolute Gasteiger partial charge is 0.493 e. The van der Waals surface area contributed by atoms with E-state index >= 15 is 0 Å². The molecule has 0 aliphatic carbocycles. The summed E-state index contributed by atoms with van der Waals surface area (Å²) >= 11 is 0. The van der Waals surface area contributed by atoms with Gasteiger partial charge in [-0.25, -0.2) is 4.79 Å². The Balaban J connectivity index is 0.000000590. The molecular formula is C22H35FN2O6. The Bertz CT molecular complexity index is 676. The minimum atomic E-state index is -0.499. The molecule has 0 saturated carbocycles. The highest BCUT2D eigenvalue weighted by Gasteiger charge is 2.15. The standard InChI is InChI=1S/C12H23NO4.C10H12FNO2/c1-12(2,3)17-11(15)13-9-7-5-6-8-10(14)16-4;11-5-2-6-14-9-4-1-3-8(7-9)10(12)13/h5-9H2,1-4H3,(H,13,15);1,3-4,7H,2,5-6H2,(H2,12,13). The lowest BCUT2D eigenvalue weighted by molar-refractivity contribution is -0.140. The maximum absolute atomic E-state index is 11.7. The number of hydrogen-bond acceptors (Lipinski definition) is 6. The lowest BCUT2D eigenvalue weighted by Gasteiger charge is -2.19. The van der Waals surface area contributed by atoms with Crippen molar-refractivity contribution in [3.05, 3.63) is 29.8 Å². The second kappa shape index (κ2) is 15.9. The highest BCUT2D eigenvalue weighted by molar-refractivity contribution is 5.93. The molecule has 3 N–H and O–H groups in total. The van der Waals surface area contributed by atoms with Crippen molar-refractivity contribution in [1.29, 1.82) is 0 Å². The normalized spacial score (nSPS) is 10.4. The molecule has 0 saturated heterocycles. The average molecular weight is 443 g/mol. The van der Waals surface area contributed by atoms with Crippen molar-refractivity contribution in [2.45, 2.75) is 58.5 Å². The molecule has 0 aliphatic rings. The molecule has 0 heterocycles. The first-order valence-electron chi connectivity index (χ1n) is 10.2. The van der Waals surface area contributed by atoms with Crippen molar-refractivity contribution >= 4 is 18.0 Å². The Hall–Kier alpha value is -2.84. The molecule has 0 unspecified atom stereocenters. The number of unbranched alkanes of at least 4 members (excludes halogenated alkanes) is 2. The number of carbonyl (C=O) groups excluding carboxylic acids is 3. The number of ether oxygens (including phenoxy) is 3. The first-order chi connectivity index (χ1) is 14.6. The minimum absolute atomic E-state index is 0.190. The van der Waals surface area contributed by atoms with Crippen molar-refractivity contribution in [2.75, 3.05) is 26.9 Å². The van der Waals surface area contributed by atoms with Crippen LogP contribution in [-0.2, 0) is 14.3 Å². The van der Waals surface area contributed by atoms with Gasteiger partial charge in [0.2, 0.25) is 5.91 Å². The van der Waals surface area contributed by atoms with E-state index in [1.165, 1.54) is 7.11 Å². The third-order valence-electron chi connectivity index (χ3n) is 3.62. The molecule has 9 heteroatoms. The van der Waals surface area contributed by atoms with Gasteiger partial charge in [0, 0.05) is 24.9 Å². The van der Waals surface area contributed by atoms with E-state index in [2.05, 4.69) is 10.1 Å². The zero-order chi connectivity index (χ0) is 23.7. The van der Waals surface area contributed by atoms with Gasteiger partial charge in [0.05, 0.1) is 20.4 Å². The molecule has 0 radical (unpaired) electrons. The van der Waals surface area contributed by atoms with Crippen LogP contribution >= 0.6 is 0 Å². The molecule has 0 fully saturated rings. The molecule has 0 bridgehead atoms. The molecule has 2 amide bonds. The Morgan fingerprint density at radius 2 is 1.81 bits per heavy atom. The van der Waals surface area contributed by atoms with Gasteiger partial charge in [-0.05, 0) is 51.8 Å². The fourth-order valence-electron chi connectivity index (χ4n) is 2.16. The van der Waals surface area contributed by atoms with Crippen LogP contribution in [0, 0.1) is 0 Å². The van der Waals surface area contributed by atoms with Crippen molar-refractivity contribution in [1.82, 2.24) is 5.32 Å². The van der Waals surface area contributed by atoms with E-state index in [0.29, 0.717) is 37.3 Å². The third-order valence-corrected chi connectivity index (χ3v) is 3.62. The van der Waals surface area contributed by atoms with Crippen LogP contribution in [0.15, 0.2) is 24.3 Å². The number of nitrogens with one attached hydrogen (secondary N) is 1. The quantitative estimate of drug-likeness (QED) is 0.398. The summed E-state index contributed by atoms with van der Waals surface area (Å²) in [5.41, 5.74) is 5.01. The number of nitrogens with two attached hydrogens (primary N) is 1. The second-order valence-electron chi connectivity index (χ2n) is 7.60. The summed E-state index contributed by atoms with van der Waals surface area (Å²) in [6.07, 6.45) is 2.87. The number of alkyl carbamates (subject to hydrolysis) is 1. The smallest absolute Gasteiger partial charge is 0.407 e. The van der Waals surface area contributed by atoms with Crippen molar-refractivity contribution in [3.63, 3.8) is 0 Å². The lowest BCUT2D eigenvalue weighted by Crippen LogP contribution is -2.32. The number of rotatable bonds is 11. The number of primary amides is 1. The van der Waals surface area contributed by atoms with Crippen molar-refractivity contribution in [2.24, 2.45) is 5.73 Å². The van der Waals surface area contributed by atoms with Crippen LogP contribution < -0.4 is 15.8 Å². The summed E-state index contributed by atoms with van der Waals surface area (Å²) in [6.45, 7) is 5.93. The van der Waals surface area contributed by atoms with Crippen LogP contribution in [0.2, 0.25) is 0 Å². The molecule has 0 aliphatic heterocycles. The summed E-state index contributed by atoms with van der Waals surface area (Å²) in [4.78, 5) is 32.8. The maximum atomic E-state index is 11.7. The molecular weight excluding hydrogens is 407 g/mol. The first kappa shape index (κ1) is 28.2.